The molecular formula is C41H48N4O2S+2. The Labute approximate surface area is 290 Å². The van der Waals surface area contributed by atoms with Gasteiger partial charge < -0.3 is 18.9 Å². The third kappa shape index (κ3) is 7.33. The van der Waals surface area contributed by atoms with Crippen molar-refractivity contribution in [2.75, 3.05) is 64.8 Å². The largest absolute Gasteiger partial charge is 0.497 e. The maximum absolute atomic E-state index is 5.79. The lowest BCUT2D eigenvalue weighted by Gasteiger charge is -2.31. The summed E-state index contributed by atoms with van der Waals surface area (Å²) in [6, 6.07) is 36.7. The summed E-state index contributed by atoms with van der Waals surface area (Å²) in [5.74, 6) is 2.95. The van der Waals surface area contributed by atoms with E-state index in [0.29, 0.717) is 0 Å². The summed E-state index contributed by atoms with van der Waals surface area (Å²) in [4.78, 5) is 6.18. The van der Waals surface area contributed by atoms with Crippen LogP contribution >= 0.6 is 11.8 Å². The Morgan fingerprint density at radius 1 is 0.833 bits per heavy atom. The van der Waals surface area contributed by atoms with Gasteiger partial charge in [0.1, 0.15) is 29.2 Å². The summed E-state index contributed by atoms with van der Waals surface area (Å²) >= 11 is 1.83. The van der Waals surface area contributed by atoms with Crippen LogP contribution in [-0.2, 0) is 6.54 Å². The summed E-state index contributed by atoms with van der Waals surface area (Å²) in [6.07, 6.45) is 4.47. The van der Waals surface area contributed by atoms with Gasteiger partial charge in [0.05, 0.1) is 58.7 Å². The molecule has 0 saturated carbocycles. The Morgan fingerprint density at radius 2 is 1.58 bits per heavy atom. The quantitative estimate of drug-likeness (QED) is 0.0933. The molecule has 1 aromatic heterocycles. The molecule has 5 aromatic rings. The number of rotatable bonds is 13. The van der Waals surface area contributed by atoms with Gasteiger partial charge in [0.25, 0.3) is 5.82 Å². The van der Waals surface area contributed by atoms with E-state index in [9.17, 15) is 0 Å². The Kier molecular flexibility index (Phi) is 10.3. The first kappa shape index (κ1) is 33.4. The molecule has 4 aromatic carbocycles. The van der Waals surface area contributed by atoms with E-state index < -0.39 is 0 Å². The number of hydrogen-bond acceptors (Lipinski definition) is 5. The zero-order chi connectivity index (χ0) is 33.7. The van der Waals surface area contributed by atoms with E-state index in [1.807, 2.05) is 17.8 Å². The first-order valence-electron chi connectivity index (χ1n) is 16.8. The van der Waals surface area contributed by atoms with Crippen molar-refractivity contribution >= 4 is 40.2 Å². The van der Waals surface area contributed by atoms with Crippen molar-refractivity contribution < 1.29 is 18.5 Å². The van der Waals surface area contributed by atoms with Gasteiger partial charge in [0, 0.05) is 41.4 Å². The van der Waals surface area contributed by atoms with Crippen molar-refractivity contribution in [3.63, 3.8) is 0 Å². The van der Waals surface area contributed by atoms with Gasteiger partial charge in [-0.15, -0.1) is 0 Å². The summed E-state index contributed by atoms with van der Waals surface area (Å²) in [5, 5.41) is 2.41. The highest BCUT2D eigenvalue weighted by atomic mass is 32.2. The molecule has 6 nitrogen and oxygen atoms in total. The Hall–Kier alpha value is -4.46. The van der Waals surface area contributed by atoms with Gasteiger partial charge in [0.2, 0.25) is 0 Å². The topological polar surface area (TPSA) is 28.8 Å². The summed E-state index contributed by atoms with van der Waals surface area (Å²) in [6.45, 7) is 6.20. The van der Waals surface area contributed by atoms with Crippen molar-refractivity contribution in [3.05, 3.63) is 119 Å². The molecule has 248 valence electrons. The van der Waals surface area contributed by atoms with Gasteiger partial charge in [-0.1, -0.05) is 61.2 Å². The van der Waals surface area contributed by atoms with Crippen molar-refractivity contribution in [3.8, 4) is 17.2 Å². The Bertz CT molecular complexity index is 1910. The monoisotopic (exact) mass is 660 g/mol. The number of methoxy groups -OCH3 is 2. The van der Waals surface area contributed by atoms with E-state index in [0.717, 1.165) is 66.2 Å². The molecule has 0 bridgehead atoms. The number of nitrogens with zero attached hydrogens (tertiary/aromatic N) is 4. The van der Waals surface area contributed by atoms with E-state index in [1.165, 1.54) is 37.9 Å². The minimum atomic E-state index is 0.848. The summed E-state index contributed by atoms with van der Waals surface area (Å²) in [5.41, 5.74) is 6.01. The van der Waals surface area contributed by atoms with Crippen molar-refractivity contribution in [2.24, 2.45) is 0 Å². The molecule has 0 unspecified atom stereocenters. The predicted octanol–water partition coefficient (Wildman–Crippen LogP) is 8.56. The van der Waals surface area contributed by atoms with Crippen LogP contribution in [0.5, 0.6) is 11.5 Å². The lowest BCUT2D eigenvalue weighted by atomic mass is 10.1. The fourth-order valence-electron chi connectivity index (χ4n) is 6.70. The number of ether oxygens (including phenoxy) is 2. The average Bonchev–Trinajstić information content (AvgIpc) is 3.42. The smallest absolute Gasteiger partial charge is 0.282 e. The second kappa shape index (κ2) is 14.8. The van der Waals surface area contributed by atoms with Gasteiger partial charge >= 0.3 is 0 Å². The number of para-hydroxylation sites is 2. The number of pyridine rings is 1. The number of aromatic nitrogens is 1. The van der Waals surface area contributed by atoms with Crippen LogP contribution in [0.1, 0.15) is 30.9 Å². The average molecular weight is 661 g/mol. The maximum Gasteiger partial charge on any atom is 0.282 e. The van der Waals surface area contributed by atoms with Gasteiger partial charge in [-0.05, 0) is 66.6 Å². The number of hydrogen-bond donors (Lipinski definition) is 0. The van der Waals surface area contributed by atoms with Gasteiger partial charge in [-0.2, -0.15) is 4.57 Å². The van der Waals surface area contributed by atoms with Gasteiger partial charge in [-0.25, -0.2) is 0 Å². The Balaban J connectivity index is 1.41. The molecule has 0 amide bonds. The molecular weight excluding hydrogens is 613 g/mol. The summed E-state index contributed by atoms with van der Waals surface area (Å²) in [7, 11) is 10.3. The highest BCUT2D eigenvalue weighted by molar-refractivity contribution is 8.03. The SMILES string of the molecule is CCCN(CCC[N+](C)(C)Cc1cccc(OC)c1)c1cc(/C=C2\Sc3ccccc3N2C)c2ccc(OC)cc2[n+]1-c1ccccc1. The molecule has 0 fully saturated rings. The normalized spacial score (nSPS) is 13.6. The molecule has 0 aliphatic carbocycles. The molecule has 0 N–H and O–H groups in total. The highest BCUT2D eigenvalue weighted by Crippen LogP contribution is 2.46. The lowest BCUT2D eigenvalue weighted by Crippen LogP contribution is -2.44. The minimum absolute atomic E-state index is 0.848. The molecule has 0 atom stereocenters. The van der Waals surface area contributed by atoms with Crippen molar-refractivity contribution in [1.29, 1.82) is 0 Å². The fraction of sp³-hybridized carbons (Fsp3) is 0.293. The van der Waals surface area contributed by atoms with Crippen LogP contribution in [0, 0.1) is 0 Å². The molecule has 1 aliphatic rings. The van der Waals surface area contributed by atoms with Crippen LogP contribution in [0.4, 0.5) is 11.5 Å². The number of fused-ring (bicyclic) bond motifs is 2. The van der Waals surface area contributed by atoms with E-state index >= 15 is 0 Å². The van der Waals surface area contributed by atoms with Crippen LogP contribution < -0.4 is 23.8 Å². The van der Waals surface area contributed by atoms with Gasteiger partial charge in [0.15, 0.2) is 0 Å². The van der Waals surface area contributed by atoms with Crippen molar-refractivity contribution in [2.45, 2.75) is 31.2 Å². The van der Waals surface area contributed by atoms with E-state index in [-0.39, 0.29) is 0 Å². The first-order chi connectivity index (χ1) is 23.3. The number of thioether (sulfide) groups is 1. The third-order valence-corrected chi connectivity index (χ3v) is 10.3. The first-order valence-corrected chi connectivity index (χ1v) is 17.7. The summed E-state index contributed by atoms with van der Waals surface area (Å²) < 4.78 is 14.6. The molecule has 0 saturated heterocycles. The zero-order valence-corrected chi connectivity index (χ0v) is 30.0. The van der Waals surface area contributed by atoms with Crippen LogP contribution in [0.25, 0.3) is 22.7 Å². The number of benzene rings is 4. The van der Waals surface area contributed by atoms with E-state index in [4.69, 9.17) is 9.47 Å². The third-order valence-electron chi connectivity index (χ3n) is 9.09. The molecule has 7 heteroatoms. The molecule has 6 rings (SSSR count). The number of quaternary nitrogens is 1. The highest BCUT2D eigenvalue weighted by Gasteiger charge is 2.28. The van der Waals surface area contributed by atoms with Crippen LogP contribution in [0.15, 0.2) is 113 Å². The van der Waals surface area contributed by atoms with E-state index in [1.54, 1.807) is 14.2 Å². The minimum Gasteiger partial charge on any atom is -0.497 e. The van der Waals surface area contributed by atoms with Crippen LogP contribution in [-0.4, -0.2) is 59.5 Å². The molecule has 0 radical (unpaired) electrons. The van der Waals surface area contributed by atoms with Gasteiger partial charge in [-0.3, -0.25) is 4.90 Å². The Morgan fingerprint density at radius 3 is 2.33 bits per heavy atom. The van der Waals surface area contributed by atoms with Crippen molar-refractivity contribution in [1.82, 2.24) is 0 Å². The maximum atomic E-state index is 5.79. The van der Waals surface area contributed by atoms with Crippen LogP contribution in [0.2, 0.25) is 0 Å². The second-order valence-electron chi connectivity index (χ2n) is 13.1. The molecule has 1 aliphatic heterocycles. The molecule has 48 heavy (non-hydrogen) atoms. The van der Waals surface area contributed by atoms with E-state index in [2.05, 4.69) is 146 Å². The fourth-order valence-corrected chi connectivity index (χ4v) is 7.80. The standard InChI is InChI=1S/C41H48N4O2S/c1-7-23-43(24-14-25-45(3,4)30-31-15-13-18-34(26-31)46-5)40-27-32(28-41-42(2)37-19-11-12-20-39(37)48-41)36-22-21-35(47-6)29-38(36)44(40)33-16-9-8-10-17-33/h8-13,15-22,26-29H,7,14,23-25,30H2,1-6H3/q+2. The molecule has 2 heterocycles. The zero-order valence-electron chi connectivity index (χ0n) is 29.1. The second-order valence-corrected chi connectivity index (χ2v) is 14.2. The lowest BCUT2D eigenvalue weighted by molar-refractivity contribution is -0.903. The van der Waals surface area contributed by atoms with Crippen LogP contribution in [0.3, 0.4) is 0 Å². The predicted molar refractivity (Wildman–Crippen MR) is 202 cm³/mol. The molecule has 0 spiro atoms. The number of anilines is 2.